The third kappa shape index (κ3) is 3.45. The van der Waals surface area contributed by atoms with Gasteiger partial charge in [-0.2, -0.15) is 0 Å². The maximum absolute atomic E-state index is 12.0. The van der Waals surface area contributed by atoms with Crippen LogP contribution >= 0.6 is 11.6 Å². The number of hydrogen-bond donors (Lipinski definition) is 2. The molecule has 0 bridgehead atoms. The fourth-order valence-electron chi connectivity index (χ4n) is 2.83. The van der Waals surface area contributed by atoms with Crippen molar-refractivity contribution in [1.29, 1.82) is 0 Å². The van der Waals surface area contributed by atoms with Gasteiger partial charge in [0.15, 0.2) is 0 Å². The second-order valence-corrected chi connectivity index (χ2v) is 5.90. The summed E-state index contributed by atoms with van der Waals surface area (Å²) >= 11 is 5.84. The normalized spacial score (nSPS) is 17.3. The Kier molecular flexibility index (Phi) is 4.25. The lowest BCUT2D eigenvalue weighted by atomic mass is 9.90. The summed E-state index contributed by atoms with van der Waals surface area (Å²) in [6.07, 6.45) is 5.42. The van der Waals surface area contributed by atoms with Crippen LogP contribution in [-0.2, 0) is 17.6 Å². The van der Waals surface area contributed by atoms with Crippen molar-refractivity contribution < 1.29 is 4.79 Å². The largest absolute Gasteiger partial charge is 0.355 e. The van der Waals surface area contributed by atoms with Crippen molar-refractivity contribution in [2.24, 2.45) is 0 Å². The number of fused-ring (bicyclic) bond motifs is 1. The molecule has 1 aromatic heterocycles. The summed E-state index contributed by atoms with van der Waals surface area (Å²) in [6, 6.07) is 7.38. The van der Waals surface area contributed by atoms with E-state index in [1.165, 1.54) is 5.69 Å². The van der Waals surface area contributed by atoms with Gasteiger partial charge in [-0.1, -0.05) is 23.7 Å². The lowest BCUT2D eigenvalue weighted by molar-refractivity contribution is -0.120. The molecule has 0 saturated carbocycles. The van der Waals surface area contributed by atoms with E-state index in [4.69, 9.17) is 11.6 Å². The Morgan fingerprint density at radius 2 is 2.19 bits per heavy atom. The molecule has 5 heteroatoms. The standard InChI is InChI=1S/C16H18ClN3O/c17-13-6-4-11(5-7-13)8-15(21)18-9-12-2-1-3-14-16(12)20-10-19-14/h4-7,10,12H,1-3,8-9H2,(H,18,21)(H,19,20). The summed E-state index contributed by atoms with van der Waals surface area (Å²) in [5.41, 5.74) is 3.31. The number of nitrogens with one attached hydrogen (secondary N) is 2. The summed E-state index contributed by atoms with van der Waals surface area (Å²) in [7, 11) is 0. The van der Waals surface area contributed by atoms with Crippen molar-refractivity contribution in [3.63, 3.8) is 0 Å². The number of nitrogens with zero attached hydrogens (tertiary/aromatic N) is 1. The van der Waals surface area contributed by atoms with E-state index < -0.39 is 0 Å². The second kappa shape index (κ2) is 6.31. The zero-order chi connectivity index (χ0) is 14.7. The number of carbonyl (C=O) groups is 1. The van der Waals surface area contributed by atoms with Gasteiger partial charge >= 0.3 is 0 Å². The first-order valence-corrected chi connectivity index (χ1v) is 7.63. The van der Waals surface area contributed by atoms with Gasteiger partial charge in [0.1, 0.15) is 0 Å². The molecule has 0 spiro atoms. The number of hydrogen-bond acceptors (Lipinski definition) is 2. The monoisotopic (exact) mass is 303 g/mol. The Morgan fingerprint density at radius 3 is 3.00 bits per heavy atom. The number of halogens is 1. The molecule has 21 heavy (non-hydrogen) atoms. The van der Waals surface area contributed by atoms with E-state index in [-0.39, 0.29) is 5.91 Å². The highest BCUT2D eigenvalue weighted by atomic mass is 35.5. The van der Waals surface area contributed by atoms with E-state index in [1.807, 2.05) is 12.1 Å². The average molecular weight is 304 g/mol. The summed E-state index contributed by atoms with van der Waals surface area (Å²) in [5.74, 6) is 0.370. The van der Waals surface area contributed by atoms with Crippen molar-refractivity contribution in [2.75, 3.05) is 6.54 Å². The van der Waals surface area contributed by atoms with E-state index in [0.717, 1.165) is 30.5 Å². The fourth-order valence-corrected chi connectivity index (χ4v) is 2.96. The first-order valence-electron chi connectivity index (χ1n) is 7.25. The Balaban J connectivity index is 1.54. The molecule has 1 amide bonds. The number of aromatic amines is 1. The fraction of sp³-hybridized carbons (Fsp3) is 0.375. The molecule has 1 aliphatic carbocycles. The van der Waals surface area contributed by atoms with E-state index in [0.29, 0.717) is 23.9 Å². The molecule has 2 N–H and O–H groups in total. The van der Waals surface area contributed by atoms with Gasteiger partial charge in [0.25, 0.3) is 0 Å². The van der Waals surface area contributed by atoms with Crippen LogP contribution in [0.15, 0.2) is 30.6 Å². The van der Waals surface area contributed by atoms with Crippen LogP contribution in [0.5, 0.6) is 0 Å². The first kappa shape index (κ1) is 14.1. The molecule has 3 rings (SSSR count). The maximum Gasteiger partial charge on any atom is 0.224 e. The maximum atomic E-state index is 12.0. The Morgan fingerprint density at radius 1 is 1.38 bits per heavy atom. The highest BCUT2D eigenvalue weighted by Gasteiger charge is 2.22. The lowest BCUT2D eigenvalue weighted by Crippen LogP contribution is -2.31. The van der Waals surface area contributed by atoms with Crippen molar-refractivity contribution in [2.45, 2.75) is 31.6 Å². The van der Waals surface area contributed by atoms with Gasteiger partial charge < -0.3 is 10.3 Å². The molecule has 1 heterocycles. The van der Waals surface area contributed by atoms with E-state index in [1.54, 1.807) is 18.5 Å². The van der Waals surface area contributed by atoms with Gasteiger partial charge in [0, 0.05) is 23.2 Å². The zero-order valence-corrected chi connectivity index (χ0v) is 12.5. The van der Waals surface area contributed by atoms with Crippen LogP contribution in [0.2, 0.25) is 5.02 Å². The van der Waals surface area contributed by atoms with Crippen molar-refractivity contribution in [3.05, 3.63) is 52.6 Å². The topological polar surface area (TPSA) is 57.8 Å². The zero-order valence-electron chi connectivity index (χ0n) is 11.7. The van der Waals surface area contributed by atoms with Crippen LogP contribution in [0.3, 0.4) is 0 Å². The molecule has 110 valence electrons. The van der Waals surface area contributed by atoms with E-state index >= 15 is 0 Å². The van der Waals surface area contributed by atoms with Gasteiger partial charge in [-0.05, 0) is 37.0 Å². The van der Waals surface area contributed by atoms with E-state index in [2.05, 4.69) is 15.3 Å². The highest BCUT2D eigenvalue weighted by Crippen LogP contribution is 2.28. The Hall–Kier alpha value is -1.81. The molecule has 0 fully saturated rings. The van der Waals surface area contributed by atoms with Crippen molar-refractivity contribution in [3.8, 4) is 0 Å². The highest BCUT2D eigenvalue weighted by molar-refractivity contribution is 6.30. The summed E-state index contributed by atoms with van der Waals surface area (Å²) < 4.78 is 0. The molecule has 4 nitrogen and oxygen atoms in total. The molecule has 1 unspecified atom stereocenters. The molecule has 0 radical (unpaired) electrons. The third-order valence-electron chi connectivity index (χ3n) is 3.94. The van der Waals surface area contributed by atoms with Crippen LogP contribution in [0.1, 0.15) is 35.7 Å². The second-order valence-electron chi connectivity index (χ2n) is 5.46. The minimum atomic E-state index is 0.0416. The third-order valence-corrected chi connectivity index (χ3v) is 4.19. The predicted molar refractivity (Wildman–Crippen MR) is 82.4 cm³/mol. The van der Waals surface area contributed by atoms with Gasteiger partial charge in [0.2, 0.25) is 5.91 Å². The molecule has 0 saturated heterocycles. The summed E-state index contributed by atoms with van der Waals surface area (Å²) in [5, 5.41) is 3.71. The molecule has 2 aromatic rings. The molecule has 1 atom stereocenters. The number of rotatable bonds is 4. The molecule has 0 aliphatic heterocycles. The number of aryl methyl sites for hydroxylation is 1. The van der Waals surface area contributed by atoms with Crippen molar-refractivity contribution >= 4 is 17.5 Å². The minimum Gasteiger partial charge on any atom is -0.355 e. The number of carbonyl (C=O) groups excluding carboxylic acids is 1. The summed E-state index contributed by atoms with van der Waals surface area (Å²) in [6.45, 7) is 0.657. The van der Waals surface area contributed by atoms with Crippen LogP contribution in [-0.4, -0.2) is 22.4 Å². The van der Waals surface area contributed by atoms with Gasteiger partial charge in [-0.3, -0.25) is 4.79 Å². The number of aromatic nitrogens is 2. The lowest BCUT2D eigenvalue weighted by Gasteiger charge is -2.21. The van der Waals surface area contributed by atoms with Crippen molar-refractivity contribution in [1.82, 2.24) is 15.3 Å². The van der Waals surface area contributed by atoms with Crippen LogP contribution in [0, 0.1) is 0 Å². The predicted octanol–water partition coefficient (Wildman–Crippen LogP) is 2.84. The number of benzene rings is 1. The first-order chi connectivity index (χ1) is 10.2. The SMILES string of the molecule is O=C(Cc1ccc(Cl)cc1)NCC1CCCc2[nH]cnc21. The quantitative estimate of drug-likeness (QED) is 0.912. The average Bonchev–Trinajstić information content (AvgIpc) is 2.96. The van der Waals surface area contributed by atoms with Gasteiger partial charge in [-0.15, -0.1) is 0 Å². The molecular formula is C16H18ClN3O. The molecule has 1 aromatic carbocycles. The molecular weight excluding hydrogens is 286 g/mol. The van der Waals surface area contributed by atoms with Crippen LogP contribution < -0.4 is 5.32 Å². The van der Waals surface area contributed by atoms with E-state index in [9.17, 15) is 4.79 Å². The van der Waals surface area contributed by atoms with Gasteiger partial charge in [0.05, 0.1) is 18.4 Å². The smallest absolute Gasteiger partial charge is 0.224 e. The molecule has 1 aliphatic rings. The number of amides is 1. The summed E-state index contributed by atoms with van der Waals surface area (Å²) in [4.78, 5) is 19.6. The minimum absolute atomic E-state index is 0.0416. The van der Waals surface area contributed by atoms with Crippen LogP contribution in [0.4, 0.5) is 0 Å². The van der Waals surface area contributed by atoms with Gasteiger partial charge in [-0.25, -0.2) is 4.98 Å². The Labute approximate surface area is 128 Å². The van der Waals surface area contributed by atoms with Crippen LogP contribution in [0.25, 0.3) is 0 Å². The number of imidazole rings is 1. The Bertz CT molecular complexity index is 621. The number of H-pyrrole nitrogens is 1.